The van der Waals surface area contributed by atoms with Crippen LogP contribution in [0.15, 0.2) is 30.8 Å². The first-order valence-corrected chi connectivity index (χ1v) is 6.90. The highest BCUT2D eigenvalue weighted by atomic mass is 16.7. The van der Waals surface area contributed by atoms with Crippen LogP contribution in [-0.2, 0) is 25.4 Å². The monoisotopic (exact) mass is 310 g/mol. The molecule has 0 aliphatic rings. The van der Waals surface area contributed by atoms with E-state index in [2.05, 4.69) is 6.58 Å². The second-order valence-electron chi connectivity index (χ2n) is 4.57. The molecule has 0 radical (unpaired) electrons. The van der Waals surface area contributed by atoms with E-state index in [0.717, 1.165) is 11.1 Å². The number of aliphatic hydroxyl groups is 1. The summed E-state index contributed by atoms with van der Waals surface area (Å²) in [5.41, 5.74) is 1.71. The Balaban J connectivity index is 2.72. The van der Waals surface area contributed by atoms with Crippen molar-refractivity contribution in [2.75, 3.05) is 33.5 Å². The Bertz CT molecular complexity index is 470. The van der Waals surface area contributed by atoms with Crippen LogP contribution in [0, 0.1) is 0 Å². The Kier molecular flexibility index (Phi) is 7.76. The molecule has 0 saturated carbocycles. The van der Waals surface area contributed by atoms with E-state index in [4.69, 9.17) is 19.3 Å². The zero-order valence-corrected chi connectivity index (χ0v) is 12.7. The minimum atomic E-state index is -1.77. The molecule has 1 aromatic rings. The van der Waals surface area contributed by atoms with Crippen molar-refractivity contribution >= 4 is 12.0 Å². The molecule has 0 saturated heterocycles. The number of carboxylic acid groups (broad SMARTS) is 1. The molecule has 1 atom stereocenters. The van der Waals surface area contributed by atoms with E-state index in [1.165, 1.54) is 7.11 Å². The number of aliphatic hydroxyl groups excluding tert-OH is 1. The summed E-state index contributed by atoms with van der Waals surface area (Å²) in [5.74, 6) is -2.97. The van der Waals surface area contributed by atoms with Crippen LogP contribution in [0.5, 0.6) is 0 Å². The van der Waals surface area contributed by atoms with E-state index < -0.39 is 11.8 Å². The van der Waals surface area contributed by atoms with Gasteiger partial charge in [0.05, 0.1) is 26.4 Å². The van der Waals surface area contributed by atoms with E-state index in [9.17, 15) is 9.90 Å². The van der Waals surface area contributed by atoms with Gasteiger partial charge in [0.25, 0.3) is 5.79 Å². The van der Waals surface area contributed by atoms with Crippen LogP contribution < -0.4 is 0 Å². The van der Waals surface area contributed by atoms with E-state index in [-0.39, 0.29) is 32.8 Å². The molecule has 0 fully saturated rings. The summed E-state index contributed by atoms with van der Waals surface area (Å²) in [7, 11) is 1.29. The number of ether oxygens (including phenoxy) is 3. The summed E-state index contributed by atoms with van der Waals surface area (Å²) >= 11 is 0. The van der Waals surface area contributed by atoms with Gasteiger partial charge < -0.3 is 24.4 Å². The zero-order valence-electron chi connectivity index (χ0n) is 12.7. The van der Waals surface area contributed by atoms with E-state index >= 15 is 0 Å². The number of methoxy groups -OCH3 is 1. The van der Waals surface area contributed by atoms with Gasteiger partial charge in [-0.05, 0) is 11.1 Å². The predicted molar refractivity (Wildman–Crippen MR) is 81.5 cm³/mol. The summed E-state index contributed by atoms with van der Waals surface area (Å²) in [4.78, 5) is 11.6. The van der Waals surface area contributed by atoms with Crippen LogP contribution in [0.2, 0.25) is 0 Å². The molecule has 0 amide bonds. The SMILES string of the molecule is C=Cc1ccc(CC(OC)(OCCOCCO)C(=O)O)cc1. The molecular weight excluding hydrogens is 288 g/mol. The molecule has 0 bridgehead atoms. The molecule has 0 heterocycles. The lowest BCUT2D eigenvalue weighted by Crippen LogP contribution is -2.46. The van der Waals surface area contributed by atoms with Gasteiger partial charge in [-0.15, -0.1) is 0 Å². The van der Waals surface area contributed by atoms with Gasteiger partial charge >= 0.3 is 5.97 Å². The molecule has 0 aliphatic carbocycles. The summed E-state index contributed by atoms with van der Waals surface area (Å²) in [6, 6.07) is 7.29. The van der Waals surface area contributed by atoms with Crippen LogP contribution >= 0.6 is 0 Å². The summed E-state index contributed by atoms with van der Waals surface area (Å²) in [6.07, 6.45) is 1.77. The molecule has 1 rings (SSSR count). The normalized spacial score (nSPS) is 13.5. The van der Waals surface area contributed by atoms with Gasteiger partial charge in [-0.2, -0.15) is 0 Å². The average Bonchev–Trinajstić information content (AvgIpc) is 2.54. The molecule has 6 heteroatoms. The van der Waals surface area contributed by atoms with Crippen molar-refractivity contribution < 1.29 is 29.2 Å². The maximum Gasteiger partial charge on any atom is 0.364 e. The van der Waals surface area contributed by atoms with Crippen LogP contribution in [0.3, 0.4) is 0 Å². The summed E-state index contributed by atoms with van der Waals surface area (Å²) in [6.45, 7) is 3.98. The molecule has 1 aromatic carbocycles. The molecular formula is C16H22O6. The minimum absolute atomic E-state index is 0.0465. The first-order chi connectivity index (χ1) is 10.6. The lowest BCUT2D eigenvalue weighted by atomic mass is 10.0. The highest BCUT2D eigenvalue weighted by Crippen LogP contribution is 2.20. The molecule has 2 N–H and O–H groups in total. The minimum Gasteiger partial charge on any atom is -0.477 e. The maximum absolute atomic E-state index is 11.6. The fourth-order valence-corrected chi connectivity index (χ4v) is 1.88. The predicted octanol–water partition coefficient (Wildman–Crippen LogP) is 1.32. The highest BCUT2D eigenvalue weighted by molar-refractivity contribution is 5.76. The molecule has 0 aliphatic heterocycles. The van der Waals surface area contributed by atoms with Gasteiger partial charge in [0.15, 0.2) is 0 Å². The Labute approximate surface area is 129 Å². The summed E-state index contributed by atoms with van der Waals surface area (Å²) < 4.78 is 15.6. The van der Waals surface area contributed by atoms with Crippen molar-refractivity contribution in [2.45, 2.75) is 12.2 Å². The maximum atomic E-state index is 11.6. The number of benzene rings is 1. The van der Waals surface area contributed by atoms with Crippen molar-refractivity contribution in [3.05, 3.63) is 42.0 Å². The third-order valence-electron chi connectivity index (χ3n) is 3.11. The first-order valence-electron chi connectivity index (χ1n) is 6.90. The van der Waals surface area contributed by atoms with Gasteiger partial charge in [0, 0.05) is 13.5 Å². The molecule has 122 valence electrons. The van der Waals surface area contributed by atoms with Crippen LogP contribution in [0.25, 0.3) is 6.08 Å². The topological polar surface area (TPSA) is 85.2 Å². The number of rotatable bonds is 11. The molecule has 6 nitrogen and oxygen atoms in total. The smallest absolute Gasteiger partial charge is 0.364 e. The Hall–Kier alpha value is -1.73. The number of hydrogen-bond donors (Lipinski definition) is 2. The second-order valence-corrected chi connectivity index (χ2v) is 4.57. The quantitative estimate of drug-likeness (QED) is 0.474. The number of hydrogen-bond acceptors (Lipinski definition) is 5. The highest BCUT2D eigenvalue weighted by Gasteiger charge is 2.40. The molecule has 22 heavy (non-hydrogen) atoms. The van der Waals surface area contributed by atoms with Crippen LogP contribution in [0.1, 0.15) is 11.1 Å². The lowest BCUT2D eigenvalue weighted by molar-refractivity contribution is -0.237. The fourth-order valence-electron chi connectivity index (χ4n) is 1.88. The third-order valence-corrected chi connectivity index (χ3v) is 3.11. The fraction of sp³-hybridized carbons (Fsp3) is 0.438. The van der Waals surface area contributed by atoms with Crippen molar-refractivity contribution in [1.82, 2.24) is 0 Å². The largest absolute Gasteiger partial charge is 0.477 e. The first kappa shape index (κ1) is 18.3. The standard InChI is InChI=1S/C16H22O6/c1-3-13-4-6-14(7-5-13)12-16(20-2,15(18)19)22-11-10-21-9-8-17/h3-7,17H,1,8-12H2,2H3,(H,18,19). The molecule has 0 spiro atoms. The number of carbonyl (C=O) groups is 1. The average molecular weight is 310 g/mol. The van der Waals surface area contributed by atoms with Gasteiger partial charge in [0.2, 0.25) is 0 Å². The second kappa shape index (κ2) is 9.32. The van der Waals surface area contributed by atoms with Crippen LogP contribution in [0.4, 0.5) is 0 Å². The summed E-state index contributed by atoms with van der Waals surface area (Å²) in [5, 5.41) is 18.0. The Morgan fingerprint density at radius 1 is 1.27 bits per heavy atom. The van der Waals surface area contributed by atoms with Crippen molar-refractivity contribution in [2.24, 2.45) is 0 Å². The van der Waals surface area contributed by atoms with E-state index in [1.807, 2.05) is 12.1 Å². The van der Waals surface area contributed by atoms with Crippen molar-refractivity contribution in [1.29, 1.82) is 0 Å². The number of aliphatic carboxylic acids is 1. The van der Waals surface area contributed by atoms with Crippen molar-refractivity contribution in [3.63, 3.8) is 0 Å². The van der Waals surface area contributed by atoms with E-state index in [1.54, 1.807) is 18.2 Å². The van der Waals surface area contributed by atoms with Gasteiger partial charge in [-0.1, -0.05) is 36.9 Å². The van der Waals surface area contributed by atoms with Crippen LogP contribution in [-0.4, -0.2) is 55.5 Å². The van der Waals surface area contributed by atoms with Crippen molar-refractivity contribution in [3.8, 4) is 0 Å². The zero-order chi connectivity index (χ0) is 16.4. The third kappa shape index (κ3) is 5.23. The lowest BCUT2D eigenvalue weighted by Gasteiger charge is -2.28. The van der Waals surface area contributed by atoms with Gasteiger partial charge in [-0.25, -0.2) is 4.79 Å². The molecule has 0 aromatic heterocycles. The van der Waals surface area contributed by atoms with E-state index in [0.29, 0.717) is 0 Å². The van der Waals surface area contributed by atoms with Gasteiger partial charge in [0.1, 0.15) is 0 Å². The number of carboxylic acids is 1. The van der Waals surface area contributed by atoms with Gasteiger partial charge in [-0.3, -0.25) is 0 Å². The Morgan fingerprint density at radius 2 is 1.95 bits per heavy atom. The Morgan fingerprint density at radius 3 is 2.45 bits per heavy atom. The molecule has 1 unspecified atom stereocenters.